The SMILES string of the molecule is CCC(C(C)C)C(C(=O)O)c1cccc(C(F)(F)F)c1N. The van der Waals surface area contributed by atoms with Gasteiger partial charge in [0.15, 0.2) is 0 Å². The molecule has 1 aromatic carbocycles. The number of carboxylic acids is 1. The van der Waals surface area contributed by atoms with Crippen LogP contribution in [0.15, 0.2) is 18.2 Å². The van der Waals surface area contributed by atoms with Gasteiger partial charge in [-0.3, -0.25) is 4.79 Å². The van der Waals surface area contributed by atoms with Gasteiger partial charge in [0.1, 0.15) is 0 Å². The van der Waals surface area contributed by atoms with Crippen LogP contribution in [-0.4, -0.2) is 11.1 Å². The maximum absolute atomic E-state index is 12.9. The lowest BCUT2D eigenvalue weighted by Crippen LogP contribution is -2.26. The molecule has 0 fully saturated rings. The summed E-state index contributed by atoms with van der Waals surface area (Å²) >= 11 is 0. The average molecular weight is 303 g/mol. The molecular formula is C15H20F3NO2. The van der Waals surface area contributed by atoms with Crippen molar-refractivity contribution in [2.75, 3.05) is 5.73 Å². The summed E-state index contributed by atoms with van der Waals surface area (Å²) in [5.74, 6) is -2.46. The predicted molar refractivity (Wildman–Crippen MR) is 74.9 cm³/mol. The summed E-state index contributed by atoms with van der Waals surface area (Å²) in [6, 6.07) is 3.44. The van der Waals surface area contributed by atoms with Crippen molar-refractivity contribution in [3.8, 4) is 0 Å². The third-order valence-electron chi connectivity index (χ3n) is 3.80. The smallest absolute Gasteiger partial charge is 0.418 e. The predicted octanol–water partition coefficient (Wildman–Crippen LogP) is 4.14. The molecule has 2 unspecified atom stereocenters. The zero-order valence-corrected chi connectivity index (χ0v) is 12.2. The number of anilines is 1. The molecule has 2 atom stereocenters. The van der Waals surface area contributed by atoms with Crippen molar-refractivity contribution in [2.24, 2.45) is 11.8 Å². The molecule has 1 aromatic rings. The number of para-hydroxylation sites is 1. The molecule has 0 saturated carbocycles. The third-order valence-corrected chi connectivity index (χ3v) is 3.80. The number of hydrogen-bond acceptors (Lipinski definition) is 2. The van der Waals surface area contributed by atoms with E-state index in [2.05, 4.69) is 0 Å². The van der Waals surface area contributed by atoms with Crippen molar-refractivity contribution < 1.29 is 23.1 Å². The minimum Gasteiger partial charge on any atom is -0.481 e. The van der Waals surface area contributed by atoms with Gasteiger partial charge in [-0.2, -0.15) is 13.2 Å². The van der Waals surface area contributed by atoms with E-state index in [0.717, 1.165) is 6.07 Å². The molecule has 0 spiro atoms. The van der Waals surface area contributed by atoms with Crippen LogP contribution in [0.3, 0.4) is 0 Å². The summed E-state index contributed by atoms with van der Waals surface area (Å²) in [5.41, 5.74) is 4.19. The van der Waals surface area contributed by atoms with Gasteiger partial charge in [0, 0.05) is 5.69 Å². The van der Waals surface area contributed by atoms with E-state index in [4.69, 9.17) is 5.73 Å². The quantitative estimate of drug-likeness (QED) is 0.804. The van der Waals surface area contributed by atoms with Gasteiger partial charge < -0.3 is 10.8 Å². The molecule has 118 valence electrons. The highest BCUT2D eigenvalue weighted by Gasteiger charge is 2.37. The first kappa shape index (κ1) is 17.3. The normalized spacial score (nSPS) is 15.0. The largest absolute Gasteiger partial charge is 0.481 e. The first-order valence-corrected chi connectivity index (χ1v) is 6.79. The molecule has 0 amide bonds. The van der Waals surface area contributed by atoms with Gasteiger partial charge in [0.05, 0.1) is 11.5 Å². The Morgan fingerprint density at radius 3 is 2.29 bits per heavy atom. The second-order valence-corrected chi connectivity index (χ2v) is 5.44. The number of benzene rings is 1. The first-order chi connectivity index (χ1) is 9.61. The molecule has 0 aliphatic rings. The van der Waals surface area contributed by atoms with E-state index < -0.39 is 29.3 Å². The second-order valence-electron chi connectivity index (χ2n) is 5.44. The lowest BCUT2D eigenvalue weighted by molar-refractivity contribution is -0.141. The van der Waals surface area contributed by atoms with Crippen LogP contribution >= 0.6 is 0 Å². The van der Waals surface area contributed by atoms with Crippen LogP contribution in [-0.2, 0) is 11.0 Å². The molecule has 0 heterocycles. The monoisotopic (exact) mass is 303 g/mol. The van der Waals surface area contributed by atoms with Gasteiger partial charge in [-0.1, -0.05) is 39.3 Å². The van der Waals surface area contributed by atoms with Crippen LogP contribution in [0.5, 0.6) is 0 Å². The van der Waals surface area contributed by atoms with Crippen molar-refractivity contribution in [1.82, 2.24) is 0 Å². The zero-order chi connectivity index (χ0) is 16.4. The van der Waals surface area contributed by atoms with E-state index in [0.29, 0.717) is 6.42 Å². The van der Waals surface area contributed by atoms with E-state index in [-0.39, 0.29) is 17.4 Å². The molecule has 3 N–H and O–H groups in total. The highest BCUT2D eigenvalue weighted by atomic mass is 19.4. The molecule has 21 heavy (non-hydrogen) atoms. The number of hydrogen-bond donors (Lipinski definition) is 2. The van der Waals surface area contributed by atoms with Crippen LogP contribution in [0, 0.1) is 11.8 Å². The fraction of sp³-hybridized carbons (Fsp3) is 0.533. The molecule has 0 aliphatic carbocycles. The Labute approximate surface area is 122 Å². The molecule has 1 rings (SSSR count). The van der Waals surface area contributed by atoms with Gasteiger partial charge in [0.2, 0.25) is 0 Å². The number of aliphatic carboxylic acids is 1. The van der Waals surface area contributed by atoms with Crippen molar-refractivity contribution in [3.63, 3.8) is 0 Å². The number of alkyl halides is 3. The zero-order valence-electron chi connectivity index (χ0n) is 12.2. The summed E-state index contributed by atoms with van der Waals surface area (Å²) in [6.45, 7) is 5.53. The summed E-state index contributed by atoms with van der Waals surface area (Å²) in [7, 11) is 0. The van der Waals surface area contributed by atoms with Gasteiger partial charge in [-0.25, -0.2) is 0 Å². The van der Waals surface area contributed by atoms with Crippen LogP contribution in [0.2, 0.25) is 0 Å². The molecule has 0 saturated heterocycles. The molecule has 0 bridgehead atoms. The molecule has 3 nitrogen and oxygen atoms in total. The molecule has 6 heteroatoms. The van der Waals surface area contributed by atoms with Crippen LogP contribution in [0.4, 0.5) is 18.9 Å². The molecule has 0 aliphatic heterocycles. The summed E-state index contributed by atoms with van der Waals surface area (Å²) in [5, 5.41) is 9.46. The minimum atomic E-state index is -4.59. The summed E-state index contributed by atoms with van der Waals surface area (Å²) in [6.07, 6.45) is -4.05. The molecular weight excluding hydrogens is 283 g/mol. The Balaban J connectivity index is 3.44. The number of nitrogens with two attached hydrogens (primary N) is 1. The maximum Gasteiger partial charge on any atom is 0.418 e. The summed E-state index contributed by atoms with van der Waals surface area (Å²) in [4.78, 5) is 11.6. The second kappa shape index (κ2) is 6.37. The van der Waals surface area contributed by atoms with E-state index >= 15 is 0 Å². The van der Waals surface area contributed by atoms with Gasteiger partial charge in [0.25, 0.3) is 0 Å². The van der Waals surface area contributed by atoms with Crippen LogP contribution in [0.1, 0.15) is 44.2 Å². The number of rotatable bonds is 5. The van der Waals surface area contributed by atoms with Gasteiger partial charge in [-0.15, -0.1) is 0 Å². The van der Waals surface area contributed by atoms with E-state index in [9.17, 15) is 23.1 Å². The van der Waals surface area contributed by atoms with Crippen LogP contribution < -0.4 is 5.73 Å². The lowest BCUT2D eigenvalue weighted by Gasteiger charge is -2.28. The standard InChI is InChI=1S/C15H20F3NO2/c1-4-9(8(2)3)12(14(20)21)10-6-5-7-11(13(10)19)15(16,17)18/h5-9,12H,4,19H2,1-3H3,(H,20,21). The van der Waals surface area contributed by atoms with Crippen LogP contribution in [0.25, 0.3) is 0 Å². The number of nitrogen functional groups attached to an aromatic ring is 1. The maximum atomic E-state index is 12.9. The van der Waals surface area contributed by atoms with Gasteiger partial charge in [-0.05, 0) is 23.5 Å². The summed E-state index contributed by atoms with van der Waals surface area (Å²) < 4.78 is 38.7. The Hall–Kier alpha value is -1.72. The molecule has 0 aromatic heterocycles. The van der Waals surface area contributed by atoms with Crippen molar-refractivity contribution >= 4 is 11.7 Å². The van der Waals surface area contributed by atoms with Crippen molar-refractivity contribution in [1.29, 1.82) is 0 Å². The number of carbonyl (C=O) groups is 1. The Morgan fingerprint density at radius 2 is 1.90 bits per heavy atom. The highest BCUT2D eigenvalue weighted by Crippen LogP contribution is 2.41. The highest BCUT2D eigenvalue weighted by molar-refractivity contribution is 5.79. The number of halogens is 3. The Kier molecular flexibility index (Phi) is 5.25. The fourth-order valence-corrected chi connectivity index (χ4v) is 2.74. The van der Waals surface area contributed by atoms with Crippen molar-refractivity contribution in [3.05, 3.63) is 29.3 Å². The third kappa shape index (κ3) is 3.68. The van der Waals surface area contributed by atoms with Crippen molar-refractivity contribution in [2.45, 2.75) is 39.3 Å². The molecule has 0 radical (unpaired) electrons. The first-order valence-electron chi connectivity index (χ1n) is 6.79. The minimum absolute atomic E-state index is 0.0186. The number of carboxylic acid groups (broad SMARTS) is 1. The van der Waals surface area contributed by atoms with E-state index in [1.165, 1.54) is 12.1 Å². The fourth-order valence-electron chi connectivity index (χ4n) is 2.74. The van der Waals surface area contributed by atoms with E-state index in [1.54, 1.807) is 0 Å². The van der Waals surface area contributed by atoms with E-state index in [1.807, 2.05) is 20.8 Å². The average Bonchev–Trinajstić information content (AvgIpc) is 2.34. The topological polar surface area (TPSA) is 63.3 Å². The lowest BCUT2D eigenvalue weighted by atomic mass is 9.77. The Morgan fingerprint density at radius 1 is 1.33 bits per heavy atom. The van der Waals surface area contributed by atoms with Gasteiger partial charge >= 0.3 is 12.1 Å². The Bertz CT molecular complexity index is 512.